The normalized spacial score (nSPS) is 15.4. The number of amides is 1. The van der Waals surface area contributed by atoms with Gasteiger partial charge in [0.05, 0.1) is 5.52 Å². The highest BCUT2D eigenvalue weighted by Gasteiger charge is 2.19. The number of nitrogens with one attached hydrogen (secondary N) is 1. The second-order valence-corrected chi connectivity index (χ2v) is 7.99. The summed E-state index contributed by atoms with van der Waals surface area (Å²) in [6, 6.07) is 1.99. The Balaban J connectivity index is 1.85. The van der Waals surface area contributed by atoms with Crippen molar-refractivity contribution in [1.29, 1.82) is 0 Å². The SMILES string of the molecule is CCCCCn1c(=O)n(CC(=O)NC2CCCCC2)c(=O)c2sccc21. The smallest absolute Gasteiger partial charge is 0.332 e. The Morgan fingerprint density at radius 2 is 1.96 bits per heavy atom. The van der Waals surface area contributed by atoms with Gasteiger partial charge in [0.15, 0.2) is 0 Å². The minimum atomic E-state index is -0.379. The fourth-order valence-electron chi connectivity index (χ4n) is 3.67. The van der Waals surface area contributed by atoms with Gasteiger partial charge in [-0.25, -0.2) is 9.36 Å². The van der Waals surface area contributed by atoms with E-state index >= 15 is 0 Å². The molecule has 6 nitrogen and oxygen atoms in total. The average molecular weight is 378 g/mol. The Labute approximate surface area is 156 Å². The lowest BCUT2D eigenvalue weighted by molar-refractivity contribution is -0.122. The number of carbonyl (C=O) groups excluding carboxylic acids is 1. The molecule has 1 saturated carbocycles. The lowest BCUT2D eigenvalue weighted by atomic mass is 9.95. The molecule has 1 N–H and O–H groups in total. The molecule has 2 aromatic rings. The van der Waals surface area contributed by atoms with Gasteiger partial charge in [-0.15, -0.1) is 11.3 Å². The summed E-state index contributed by atoms with van der Waals surface area (Å²) < 4.78 is 3.30. The molecule has 142 valence electrons. The van der Waals surface area contributed by atoms with E-state index < -0.39 is 0 Å². The summed E-state index contributed by atoms with van der Waals surface area (Å²) in [5.74, 6) is -0.243. The lowest BCUT2D eigenvalue weighted by Gasteiger charge is -2.23. The summed E-state index contributed by atoms with van der Waals surface area (Å²) in [4.78, 5) is 38.0. The van der Waals surface area contributed by atoms with E-state index in [4.69, 9.17) is 0 Å². The number of thiophene rings is 1. The van der Waals surface area contributed by atoms with Gasteiger partial charge in [0, 0.05) is 12.6 Å². The van der Waals surface area contributed by atoms with E-state index in [1.54, 1.807) is 4.57 Å². The van der Waals surface area contributed by atoms with E-state index in [-0.39, 0.29) is 29.7 Å². The summed E-state index contributed by atoms with van der Waals surface area (Å²) in [6.45, 7) is 2.49. The molecule has 0 bridgehead atoms. The van der Waals surface area contributed by atoms with Crippen molar-refractivity contribution in [3.8, 4) is 0 Å². The zero-order valence-corrected chi connectivity index (χ0v) is 16.1. The van der Waals surface area contributed by atoms with Crippen molar-refractivity contribution >= 4 is 27.5 Å². The van der Waals surface area contributed by atoms with Gasteiger partial charge < -0.3 is 5.32 Å². The molecule has 2 aromatic heterocycles. The average Bonchev–Trinajstić information content (AvgIpc) is 3.12. The van der Waals surface area contributed by atoms with Crippen molar-refractivity contribution in [2.24, 2.45) is 0 Å². The number of fused-ring (bicyclic) bond motifs is 1. The molecule has 26 heavy (non-hydrogen) atoms. The zero-order chi connectivity index (χ0) is 18.5. The van der Waals surface area contributed by atoms with Crippen LogP contribution in [0.4, 0.5) is 0 Å². The maximum Gasteiger partial charge on any atom is 0.332 e. The first-order chi connectivity index (χ1) is 12.6. The van der Waals surface area contributed by atoms with Gasteiger partial charge in [0.25, 0.3) is 5.56 Å². The monoisotopic (exact) mass is 377 g/mol. The van der Waals surface area contributed by atoms with Gasteiger partial charge in [0.2, 0.25) is 5.91 Å². The molecule has 7 heteroatoms. The van der Waals surface area contributed by atoms with Crippen LogP contribution in [-0.4, -0.2) is 21.1 Å². The number of unbranched alkanes of at least 4 members (excludes halogenated alkanes) is 2. The van der Waals surface area contributed by atoms with Crippen LogP contribution < -0.4 is 16.6 Å². The first-order valence-electron chi connectivity index (χ1n) is 9.62. The van der Waals surface area contributed by atoms with Crippen molar-refractivity contribution in [3.63, 3.8) is 0 Å². The third kappa shape index (κ3) is 4.09. The van der Waals surface area contributed by atoms with Gasteiger partial charge in [0.1, 0.15) is 11.2 Å². The Kier molecular flexibility index (Phi) is 6.29. The standard InChI is InChI=1S/C19H27N3O3S/c1-2-3-7-11-21-15-10-12-26-17(15)18(24)22(19(21)25)13-16(23)20-14-8-5-4-6-9-14/h10,12,14H,2-9,11,13H2,1H3,(H,20,23). The van der Waals surface area contributed by atoms with Crippen LogP contribution in [0.2, 0.25) is 0 Å². The third-order valence-corrected chi connectivity index (χ3v) is 5.99. The van der Waals surface area contributed by atoms with E-state index in [9.17, 15) is 14.4 Å². The van der Waals surface area contributed by atoms with E-state index in [2.05, 4.69) is 12.2 Å². The third-order valence-electron chi connectivity index (χ3n) is 5.09. The number of hydrogen-bond donors (Lipinski definition) is 1. The molecule has 0 aromatic carbocycles. The fourth-order valence-corrected chi connectivity index (χ4v) is 4.52. The minimum absolute atomic E-state index is 0.171. The number of aromatic nitrogens is 2. The molecular formula is C19H27N3O3S. The molecule has 0 aliphatic heterocycles. The summed E-state index contributed by atoms with van der Waals surface area (Å²) in [6.07, 6.45) is 8.38. The molecular weight excluding hydrogens is 350 g/mol. The summed E-state index contributed by atoms with van der Waals surface area (Å²) in [5.41, 5.74) is -0.0497. The molecule has 1 aliphatic carbocycles. The van der Waals surface area contributed by atoms with Crippen LogP contribution in [0.25, 0.3) is 10.2 Å². The highest BCUT2D eigenvalue weighted by molar-refractivity contribution is 7.17. The van der Waals surface area contributed by atoms with Crippen LogP contribution in [0.3, 0.4) is 0 Å². The van der Waals surface area contributed by atoms with Crippen molar-refractivity contribution in [3.05, 3.63) is 32.3 Å². The lowest BCUT2D eigenvalue weighted by Crippen LogP contribution is -2.45. The predicted octanol–water partition coefficient (Wildman–Crippen LogP) is 2.86. The zero-order valence-electron chi connectivity index (χ0n) is 15.3. The van der Waals surface area contributed by atoms with Gasteiger partial charge in [-0.3, -0.25) is 14.2 Å². The maximum absolute atomic E-state index is 12.9. The quantitative estimate of drug-likeness (QED) is 0.754. The van der Waals surface area contributed by atoms with Crippen LogP contribution in [0.1, 0.15) is 58.3 Å². The highest BCUT2D eigenvalue weighted by atomic mass is 32.1. The molecule has 1 aliphatic rings. The second-order valence-electron chi connectivity index (χ2n) is 7.07. The number of hydrogen-bond acceptors (Lipinski definition) is 4. The van der Waals surface area contributed by atoms with Gasteiger partial charge in [-0.1, -0.05) is 39.0 Å². The van der Waals surface area contributed by atoms with E-state index in [0.29, 0.717) is 16.8 Å². The number of aryl methyl sites for hydroxylation is 1. The second kappa shape index (κ2) is 8.66. The van der Waals surface area contributed by atoms with E-state index in [0.717, 1.165) is 49.5 Å². The Hall–Kier alpha value is -1.89. The van der Waals surface area contributed by atoms with Crippen molar-refractivity contribution in [2.45, 2.75) is 77.4 Å². The molecule has 1 fully saturated rings. The van der Waals surface area contributed by atoms with E-state index in [1.165, 1.54) is 17.8 Å². The summed E-state index contributed by atoms with van der Waals surface area (Å²) in [7, 11) is 0. The van der Waals surface area contributed by atoms with Crippen molar-refractivity contribution in [2.75, 3.05) is 0 Å². The van der Waals surface area contributed by atoms with Gasteiger partial charge in [-0.2, -0.15) is 0 Å². The molecule has 1 amide bonds. The van der Waals surface area contributed by atoms with Crippen LogP contribution in [0.15, 0.2) is 21.0 Å². The van der Waals surface area contributed by atoms with Crippen LogP contribution in [-0.2, 0) is 17.9 Å². The first-order valence-corrected chi connectivity index (χ1v) is 10.5. The molecule has 0 unspecified atom stereocenters. The maximum atomic E-state index is 12.9. The Morgan fingerprint density at radius 3 is 2.69 bits per heavy atom. The Bertz CT molecular complexity index is 874. The molecule has 2 heterocycles. The molecule has 0 radical (unpaired) electrons. The first kappa shape index (κ1) is 18.9. The van der Waals surface area contributed by atoms with Crippen LogP contribution >= 0.6 is 11.3 Å². The Morgan fingerprint density at radius 1 is 1.19 bits per heavy atom. The molecule has 0 atom stereocenters. The number of nitrogens with zero attached hydrogens (tertiary/aromatic N) is 2. The highest BCUT2D eigenvalue weighted by Crippen LogP contribution is 2.18. The van der Waals surface area contributed by atoms with Crippen molar-refractivity contribution in [1.82, 2.24) is 14.5 Å². The van der Waals surface area contributed by atoms with Crippen molar-refractivity contribution < 1.29 is 4.79 Å². The molecule has 0 spiro atoms. The summed E-state index contributed by atoms with van der Waals surface area (Å²) in [5, 5.41) is 4.82. The summed E-state index contributed by atoms with van der Waals surface area (Å²) >= 11 is 1.33. The van der Waals surface area contributed by atoms with Gasteiger partial charge >= 0.3 is 5.69 Å². The number of carbonyl (C=O) groups is 1. The molecule has 3 rings (SSSR count). The van der Waals surface area contributed by atoms with Gasteiger partial charge in [-0.05, 0) is 30.7 Å². The topological polar surface area (TPSA) is 73.1 Å². The van der Waals surface area contributed by atoms with E-state index in [1.807, 2.05) is 11.4 Å². The molecule has 0 saturated heterocycles. The van der Waals surface area contributed by atoms with Crippen LogP contribution in [0, 0.1) is 0 Å². The minimum Gasteiger partial charge on any atom is -0.352 e. The van der Waals surface area contributed by atoms with Crippen LogP contribution in [0.5, 0.6) is 0 Å². The number of rotatable bonds is 7. The fraction of sp³-hybridized carbons (Fsp3) is 0.632. The predicted molar refractivity (Wildman–Crippen MR) is 105 cm³/mol. The largest absolute Gasteiger partial charge is 0.352 e.